The van der Waals surface area contributed by atoms with Gasteiger partial charge in [0, 0.05) is 31.3 Å². The second kappa shape index (κ2) is 10.4. The number of nitrogens with zero attached hydrogens (tertiary/aromatic N) is 1. The third-order valence-electron chi connectivity index (χ3n) is 5.51. The lowest BCUT2D eigenvalue weighted by atomic mass is 9.93. The van der Waals surface area contributed by atoms with Crippen LogP contribution in [0, 0.1) is 0 Å². The zero-order valence-electron chi connectivity index (χ0n) is 18.5. The molecular formula is C23H32N2O5. The number of hydrogen-bond donors (Lipinski definition) is 1. The van der Waals surface area contributed by atoms with Crippen molar-refractivity contribution in [3.63, 3.8) is 0 Å². The van der Waals surface area contributed by atoms with Gasteiger partial charge in [0.15, 0.2) is 11.5 Å². The quantitative estimate of drug-likeness (QED) is 0.709. The molecule has 0 spiro atoms. The van der Waals surface area contributed by atoms with E-state index in [1.165, 1.54) is 0 Å². The molecule has 1 atom stereocenters. The van der Waals surface area contributed by atoms with E-state index >= 15 is 0 Å². The van der Waals surface area contributed by atoms with E-state index < -0.39 is 0 Å². The molecule has 7 heteroatoms. The van der Waals surface area contributed by atoms with Crippen molar-refractivity contribution in [2.75, 3.05) is 61.7 Å². The van der Waals surface area contributed by atoms with Crippen LogP contribution >= 0.6 is 0 Å². The maximum atomic E-state index is 5.80. The Morgan fingerprint density at radius 2 is 1.33 bits per heavy atom. The zero-order valence-corrected chi connectivity index (χ0v) is 18.5. The van der Waals surface area contributed by atoms with Crippen molar-refractivity contribution in [3.8, 4) is 28.7 Å². The monoisotopic (exact) mass is 416 g/mol. The molecule has 7 nitrogen and oxygen atoms in total. The summed E-state index contributed by atoms with van der Waals surface area (Å²) in [4.78, 5) is 2.43. The second-order valence-corrected chi connectivity index (χ2v) is 7.07. The van der Waals surface area contributed by atoms with Gasteiger partial charge < -0.3 is 29.0 Å². The summed E-state index contributed by atoms with van der Waals surface area (Å²) < 4.78 is 28.4. The molecule has 1 unspecified atom stereocenters. The van der Waals surface area contributed by atoms with E-state index in [0.717, 1.165) is 61.0 Å². The van der Waals surface area contributed by atoms with Gasteiger partial charge in [-0.2, -0.15) is 0 Å². The minimum Gasteiger partial charge on any atom is -0.496 e. The van der Waals surface area contributed by atoms with Gasteiger partial charge in [-0.25, -0.2) is 0 Å². The number of methoxy groups -OCH3 is 5. The average Bonchev–Trinajstić information content (AvgIpc) is 3.08. The predicted molar refractivity (Wildman–Crippen MR) is 117 cm³/mol. The molecule has 0 amide bonds. The molecule has 0 radical (unpaired) electrons. The van der Waals surface area contributed by atoms with Crippen LogP contribution in [0.25, 0.3) is 0 Å². The van der Waals surface area contributed by atoms with Gasteiger partial charge in [0.05, 0.1) is 47.2 Å². The van der Waals surface area contributed by atoms with Gasteiger partial charge in [0.1, 0.15) is 17.2 Å². The van der Waals surface area contributed by atoms with Gasteiger partial charge in [0.2, 0.25) is 0 Å². The summed E-state index contributed by atoms with van der Waals surface area (Å²) in [6.07, 6.45) is 1.05. The smallest absolute Gasteiger partial charge is 0.164 e. The number of rotatable bonds is 8. The molecule has 1 fully saturated rings. The SMILES string of the molecule is COc1cc(OC)c(C(c2c(OC)cccc2OC)N2CCCNCC2)cc1OC. The highest BCUT2D eigenvalue weighted by Crippen LogP contribution is 2.46. The Bertz CT molecular complexity index is 812. The third kappa shape index (κ3) is 4.42. The molecule has 0 bridgehead atoms. The van der Waals surface area contributed by atoms with E-state index in [2.05, 4.69) is 10.2 Å². The van der Waals surface area contributed by atoms with Crippen LogP contribution in [0.4, 0.5) is 0 Å². The summed E-state index contributed by atoms with van der Waals surface area (Å²) in [5.41, 5.74) is 1.94. The maximum Gasteiger partial charge on any atom is 0.164 e. The van der Waals surface area contributed by atoms with Gasteiger partial charge in [-0.1, -0.05) is 6.07 Å². The molecule has 1 aliphatic heterocycles. The van der Waals surface area contributed by atoms with Crippen LogP contribution in [0.5, 0.6) is 28.7 Å². The predicted octanol–water partition coefficient (Wildman–Crippen LogP) is 3.11. The maximum absolute atomic E-state index is 5.80. The Labute approximate surface area is 178 Å². The second-order valence-electron chi connectivity index (χ2n) is 7.07. The van der Waals surface area contributed by atoms with Crippen LogP contribution in [-0.2, 0) is 0 Å². The van der Waals surface area contributed by atoms with Crippen molar-refractivity contribution < 1.29 is 23.7 Å². The van der Waals surface area contributed by atoms with Gasteiger partial charge in [-0.05, 0) is 31.2 Å². The van der Waals surface area contributed by atoms with Gasteiger partial charge >= 0.3 is 0 Å². The first-order valence-electron chi connectivity index (χ1n) is 10.1. The van der Waals surface area contributed by atoms with E-state index in [0.29, 0.717) is 11.5 Å². The lowest BCUT2D eigenvalue weighted by molar-refractivity contribution is 0.225. The topological polar surface area (TPSA) is 61.4 Å². The first-order valence-corrected chi connectivity index (χ1v) is 10.1. The molecule has 1 saturated heterocycles. The molecule has 1 N–H and O–H groups in total. The van der Waals surface area contributed by atoms with E-state index in [4.69, 9.17) is 23.7 Å². The fourth-order valence-corrected chi connectivity index (χ4v) is 4.08. The molecule has 0 aliphatic carbocycles. The Morgan fingerprint density at radius 1 is 0.733 bits per heavy atom. The molecule has 0 saturated carbocycles. The normalized spacial score (nSPS) is 15.8. The van der Waals surface area contributed by atoms with Crippen LogP contribution < -0.4 is 29.0 Å². The largest absolute Gasteiger partial charge is 0.496 e. The number of nitrogens with one attached hydrogen (secondary N) is 1. The molecule has 3 rings (SSSR count). The molecular weight excluding hydrogens is 384 g/mol. The van der Waals surface area contributed by atoms with Gasteiger partial charge in [0.25, 0.3) is 0 Å². The van der Waals surface area contributed by atoms with E-state index in [1.807, 2.05) is 30.3 Å². The average molecular weight is 417 g/mol. The van der Waals surface area contributed by atoms with Crippen molar-refractivity contribution in [2.24, 2.45) is 0 Å². The molecule has 1 heterocycles. The van der Waals surface area contributed by atoms with Crippen LogP contribution in [0.15, 0.2) is 30.3 Å². The van der Waals surface area contributed by atoms with Crippen molar-refractivity contribution in [3.05, 3.63) is 41.5 Å². The number of ether oxygens (including phenoxy) is 5. The minimum atomic E-state index is -0.147. The molecule has 2 aromatic carbocycles. The Morgan fingerprint density at radius 3 is 1.93 bits per heavy atom. The summed E-state index contributed by atoms with van der Waals surface area (Å²) in [5.74, 6) is 3.55. The van der Waals surface area contributed by atoms with E-state index in [1.54, 1.807) is 35.5 Å². The Balaban J connectivity index is 2.26. The van der Waals surface area contributed by atoms with Crippen LogP contribution in [0.1, 0.15) is 23.6 Å². The minimum absolute atomic E-state index is 0.147. The zero-order chi connectivity index (χ0) is 21.5. The van der Waals surface area contributed by atoms with Crippen molar-refractivity contribution >= 4 is 0 Å². The first kappa shape index (κ1) is 22.1. The molecule has 30 heavy (non-hydrogen) atoms. The van der Waals surface area contributed by atoms with Crippen molar-refractivity contribution in [2.45, 2.75) is 12.5 Å². The van der Waals surface area contributed by atoms with Crippen LogP contribution in [0.3, 0.4) is 0 Å². The van der Waals surface area contributed by atoms with Crippen molar-refractivity contribution in [1.82, 2.24) is 10.2 Å². The summed E-state index contributed by atoms with van der Waals surface area (Å²) in [6, 6.07) is 9.59. The molecule has 2 aromatic rings. The first-order chi connectivity index (χ1) is 14.7. The highest BCUT2D eigenvalue weighted by molar-refractivity contribution is 5.58. The molecule has 0 aromatic heterocycles. The van der Waals surface area contributed by atoms with Crippen LogP contribution in [0.2, 0.25) is 0 Å². The third-order valence-corrected chi connectivity index (χ3v) is 5.51. The molecule has 1 aliphatic rings. The standard InChI is InChI=1S/C23H32N2O5/c1-26-17-8-6-9-18(27-2)22(17)23(25-12-7-10-24-11-13-25)16-14-20(29-4)21(30-5)15-19(16)28-3/h6,8-9,14-15,23-24H,7,10-13H2,1-5H3. The highest BCUT2D eigenvalue weighted by Gasteiger charge is 2.32. The number of hydrogen-bond acceptors (Lipinski definition) is 7. The van der Waals surface area contributed by atoms with Crippen LogP contribution in [-0.4, -0.2) is 66.6 Å². The lowest BCUT2D eigenvalue weighted by Gasteiger charge is -2.34. The van der Waals surface area contributed by atoms with E-state index in [-0.39, 0.29) is 6.04 Å². The fraction of sp³-hybridized carbons (Fsp3) is 0.478. The van der Waals surface area contributed by atoms with E-state index in [9.17, 15) is 0 Å². The van der Waals surface area contributed by atoms with Crippen molar-refractivity contribution in [1.29, 1.82) is 0 Å². The number of benzene rings is 2. The lowest BCUT2D eigenvalue weighted by Crippen LogP contribution is -2.33. The highest BCUT2D eigenvalue weighted by atomic mass is 16.5. The summed E-state index contributed by atoms with van der Waals surface area (Å²) >= 11 is 0. The molecule has 164 valence electrons. The Hall–Kier alpha value is -2.64. The van der Waals surface area contributed by atoms with Gasteiger partial charge in [-0.15, -0.1) is 0 Å². The summed E-state index contributed by atoms with van der Waals surface area (Å²) in [7, 11) is 8.31. The summed E-state index contributed by atoms with van der Waals surface area (Å²) in [6.45, 7) is 3.71. The Kier molecular flexibility index (Phi) is 7.65. The van der Waals surface area contributed by atoms with Gasteiger partial charge in [-0.3, -0.25) is 4.90 Å². The summed E-state index contributed by atoms with van der Waals surface area (Å²) in [5, 5.41) is 3.48. The fourth-order valence-electron chi connectivity index (χ4n) is 4.08.